The van der Waals surface area contributed by atoms with Crippen LogP contribution in [-0.2, 0) is 11.3 Å². The number of hydrogen-bond acceptors (Lipinski definition) is 3. The molecule has 1 saturated carbocycles. The van der Waals surface area contributed by atoms with E-state index in [9.17, 15) is 13.6 Å². The number of ether oxygens (including phenoxy) is 1. The summed E-state index contributed by atoms with van der Waals surface area (Å²) in [6, 6.07) is 4.41. The van der Waals surface area contributed by atoms with Crippen molar-refractivity contribution in [1.29, 1.82) is 0 Å². The summed E-state index contributed by atoms with van der Waals surface area (Å²) in [7, 11) is 0. The highest BCUT2D eigenvalue weighted by Crippen LogP contribution is 2.58. The van der Waals surface area contributed by atoms with Crippen molar-refractivity contribution in [2.45, 2.75) is 32.4 Å². The van der Waals surface area contributed by atoms with Crippen LogP contribution in [0.5, 0.6) is 5.75 Å². The second kappa shape index (κ2) is 6.61. The molecule has 3 rings (SSSR count). The van der Waals surface area contributed by atoms with Gasteiger partial charge in [-0.05, 0) is 56.0 Å². The van der Waals surface area contributed by atoms with Gasteiger partial charge in [-0.25, -0.2) is 0 Å². The number of nitrogens with one attached hydrogen (secondary N) is 2. The summed E-state index contributed by atoms with van der Waals surface area (Å²) < 4.78 is 29.3. The number of halogens is 3. The molecule has 2 fully saturated rings. The lowest BCUT2D eigenvalue weighted by molar-refractivity contribution is -0.123. The predicted octanol–water partition coefficient (Wildman–Crippen LogP) is 2.95. The molecule has 1 amide bonds. The third kappa shape index (κ3) is 3.75. The Morgan fingerprint density at radius 2 is 2.17 bits per heavy atom. The van der Waals surface area contributed by atoms with E-state index < -0.39 is 6.61 Å². The number of benzene rings is 1. The second-order valence-corrected chi connectivity index (χ2v) is 6.65. The Kier molecular flexibility index (Phi) is 4.73. The van der Waals surface area contributed by atoms with Crippen molar-refractivity contribution < 1.29 is 18.3 Å². The largest absolute Gasteiger partial charge is 0.434 e. The fraction of sp³-hybridized carbons (Fsp3) is 0.562. The van der Waals surface area contributed by atoms with Crippen LogP contribution in [0.2, 0.25) is 5.02 Å². The number of amides is 1. The lowest BCUT2D eigenvalue weighted by Crippen LogP contribution is -2.33. The highest BCUT2D eigenvalue weighted by molar-refractivity contribution is 6.30. The summed E-state index contributed by atoms with van der Waals surface area (Å²) in [6.45, 7) is -0.881. The minimum absolute atomic E-state index is 0.0186. The van der Waals surface area contributed by atoms with Gasteiger partial charge < -0.3 is 15.4 Å². The molecule has 0 radical (unpaired) electrons. The first kappa shape index (κ1) is 16.5. The smallest absolute Gasteiger partial charge is 0.387 e. The maximum Gasteiger partial charge on any atom is 0.387 e. The number of carbonyl (C=O) groups excluding carboxylic acids is 1. The molecule has 2 aliphatic rings. The maximum absolute atomic E-state index is 12.4. The third-order valence-corrected chi connectivity index (χ3v) is 5.03. The summed E-state index contributed by atoms with van der Waals surface area (Å²) in [5.41, 5.74) is 0.595. The number of hydrogen-bond donors (Lipinski definition) is 2. The van der Waals surface area contributed by atoms with Crippen LogP contribution in [0.4, 0.5) is 8.78 Å². The highest BCUT2D eigenvalue weighted by atomic mass is 35.5. The zero-order valence-corrected chi connectivity index (χ0v) is 13.3. The average molecular weight is 345 g/mol. The van der Waals surface area contributed by atoms with E-state index in [1.165, 1.54) is 18.2 Å². The van der Waals surface area contributed by atoms with E-state index in [2.05, 4.69) is 15.4 Å². The van der Waals surface area contributed by atoms with Crippen molar-refractivity contribution in [1.82, 2.24) is 10.6 Å². The maximum atomic E-state index is 12.4. The van der Waals surface area contributed by atoms with Crippen LogP contribution in [0, 0.1) is 11.3 Å². The summed E-state index contributed by atoms with van der Waals surface area (Å²) in [5, 5.41) is 6.54. The van der Waals surface area contributed by atoms with Gasteiger partial charge in [-0.1, -0.05) is 11.6 Å². The topological polar surface area (TPSA) is 50.4 Å². The lowest BCUT2D eigenvalue weighted by Gasteiger charge is -2.23. The van der Waals surface area contributed by atoms with Gasteiger partial charge in [0.2, 0.25) is 5.91 Å². The molecule has 4 nitrogen and oxygen atoms in total. The van der Waals surface area contributed by atoms with Crippen LogP contribution >= 0.6 is 11.6 Å². The van der Waals surface area contributed by atoms with E-state index in [4.69, 9.17) is 11.6 Å². The van der Waals surface area contributed by atoms with Crippen molar-refractivity contribution >= 4 is 17.5 Å². The monoisotopic (exact) mass is 344 g/mol. The standard InChI is InChI=1S/C16H19ClF2N2O2/c17-11-1-2-13(23-15(18)19)10(7-11)9-21-14(22)12-8-16(12)3-5-20-6-4-16/h1-2,7,12,15,20H,3-6,8-9H2,(H,21,22). The third-order valence-electron chi connectivity index (χ3n) is 4.80. The first-order valence-corrected chi connectivity index (χ1v) is 8.10. The number of piperidine rings is 1. The Hall–Kier alpha value is -1.40. The van der Waals surface area contributed by atoms with Gasteiger partial charge in [0.15, 0.2) is 0 Å². The highest BCUT2D eigenvalue weighted by Gasteiger charge is 2.57. The molecule has 23 heavy (non-hydrogen) atoms. The molecule has 1 aromatic carbocycles. The van der Waals surface area contributed by atoms with Gasteiger partial charge in [-0.15, -0.1) is 0 Å². The molecule has 1 spiro atoms. The van der Waals surface area contributed by atoms with E-state index in [1.807, 2.05) is 0 Å². The van der Waals surface area contributed by atoms with Crippen LogP contribution in [0.15, 0.2) is 18.2 Å². The van der Waals surface area contributed by atoms with Crippen LogP contribution in [-0.4, -0.2) is 25.6 Å². The van der Waals surface area contributed by atoms with Crippen molar-refractivity contribution in [2.24, 2.45) is 11.3 Å². The lowest BCUT2D eigenvalue weighted by atomic mass is 9.92. The summed E-state index contributed by atoms with van der Waals surface area (Å²) >= 11 is 5.90. The van der Waals surface area contributed by atoms with Gasteiger partial charge in [0, 0.05) is 23.0 Å². The van der Waals surface area contributed by atoms with Gasteiger partial charge in [0.05, 0.1) is 0 Å². The molecule has 1 aliphatic carbocycles. The average Bonchev–Trinajstić information content (AvgIpc) is 3.20. The summed E-state index contributed by atoms with van der Waals surface area (Å²) in [4.78, 5) is 12.3. The summed E-state index contributed by atoms with van der Waals surface area (Å²) in [5.74, 6) is 0.0511. The molecule has 1 aliphatic heterocycles. The fourth-order valence-corrected chi connectivity index (χ4v) is 3.59. The van der Waals surface area contributed by atoms with Gasteiger partial charge in [-0.3, -0.25) is 4.79 Å². The molecule has 2 N–H and O–H groups in total. The Balaban J connectivity index is 1.60. The minimum Gasteiger partial charge on any atom is -0.434 e. The molecule has 1 atom stereocenters. The van der Waals surface area contributed by atoms with Crippen LogP contribution < -0.4 is 15.4 Å². The Morgan fingerprint density at radius 1 is 1.43 bits per heavy atom. The zero-order chi connectivity index (χ0) is 16.4. The van der Waals surface area contributed by atoms with Crippen molar-refractivity contribution in [3.63, 3.8) is 0 Å². The van der Waals surface area contributed by atoms with Gasteiger partial charge in [0.25, 0.3) is 0 Å². The molecule has 1 heterocycles. The van der Waals surface area contributed by atoms with E-state index in [1.54, 1.807) is 0 Å². The van der Waals surface area contributed by atoms with Crippen LogP contribution in [0.25, 0.3) is 0 Å². The Bertz CT molecular complexity index is 591. The normalized spacial score (nSPS) is 22.2. The van der Waals surface area contributed by atoms with E-state index >= 15 is 0 Å². The van der Waals surface area contributed by atoms with E-state index in [0.717, 1.165) is 32.4 Å². The Labute approximate surface area is 138 Å². The molecule has 126 valence electrons. The Morgan fingerprint density at radius 3 is 2.87 bits per heavy atom. The first-order chi connectivity index (χ1) is 11.0. The molecule has 1 unspecified atom stereocenters. The number of alkyl halides is 2. The second-order valence-electron chi connectivity index (χ2n) is 6.22. The summed E-state index contributed by atoms with van der Waals surface area (Å²) in [6.07, 6.45) is 2.94. The van der Waals surface area contributed by atoms with Gasteiger partial charge in [-0.2, -0.15) is 8.78 Å². The first-order valence-electron chi connectivity index (χ1n) is 7.72. The predicted molar refractivity (Wildman–Crippen MR) is 82.6 cm³/mol. The van der Waals surface area contributed by atoms with Crippen LogP contribution in [0.1, 0.15) is 24.8 Å². The number of rotatable bonds is 5. The van der Waals surface area contributed by atoms with Crippen molar-refractivity contribution in [2.75, 3.05) is 13.1 Å². The molecular formula is C16H19ClF2N2O2. The minimum atomic E-state index is -2.91. The quantitative estimate of drug-likeness (QED) is 0.863. The SMILES string of the molecule is O=C(NCc1cc(Cl)ccc1OC(F)F)C1CC12CCNCC2. The molecular weight excluding hydrogens is 326 g/mol. The van der Waals surface area contributed by atoms with Gasteiger partial charge in [0.1, 0.15) is 5.75 Å². The molecule has 7 heteroatoms. The molecule has 0 bridgehead atoms. The zero-order valence-electron chi connectivity index (χ0n) is 12.6. The van der Waals surface area contributed by atoms with Crippen LogP contribution in [0.3, 0.4) is 0 Å². The number of carbonyl (C=O) groups is 1. The van der Waals surface area contributed by atoms with E-state index in [0.29, 0.717) is 10.6 Å². The fourth-order valence-electron chi connectivity index (χ4n) is 3.40. The molecule has 1 aromatic rings. The van der Waals surface area contributed by atoms with Gasteiger partial charge >= 0.3 is 6.61 Å². The van der Waals surface area contributed by atoms with E-state index in [-0.39, 0.29) is 29.5 Å². The molecule has 0 aromatic heterocycles. The molecule has 1 saturated heterocycles. The van der Waals surface area contributed by atoms with Crippen molar-refractivity contribution in [3.05, 3.63) is 28.8 Å². The van der Waals surface area contributed by atoms with Crippen molar-refractivity contribution in [3.8, 4) is 5.75 Å².